The van der Waals surface area contributed by atoms with Crippen LogP contribution in [-0.4, -0.2) is 34.2 Å². The molecule has 4 atom stereocenters. The molecule has 5 heteroatoms. The molecule has 0 spiro atoms. The normalized spacial score (nSPS) is 28.9. The van der Waals surface area contributed by atoms with Crippen LogP contribution < -0.4 is 5.32 Å². The molecule has 0 radical (unpaired) electrons. The molecule has 2 aliphatic rings. The first-order chi connectivity index (χ1) is 11.2. The third kappa shape index (κ3) is 2.65. The molecule has 0 unspecified atom stereocenters. The van der Waals surface area contributed by atoms with Gasteiger partial charge in [0.05, 0.1) is 12.4 Å². The lowest BCUT2D eigenvalue weighted by Gasteiger charge is -2.48. The van der Waals surface area contributed by atoms with E-state index >= 15 is 0 Å². The summed E-state index contributed by atoms with van der Waals surface area (Å²) >= 11 is 0. The molecule has 1 amide bonds. The highest BCUT2D eigenvalue weighted by Gasteiger charge is 2.54. The molecule has 2 heterocycles. The van der Waals surface area contributed by atoms with E-state index in [1.54, 1.807) is 17.1 Å². The van der Waals surface area contributed by atoms with E-state index in [1.807, 2.05) is 13.1 Å². The van der Waals surface area contributed by atoms with Crippen molar-refractivity contribution in [2.45, 2.75) is 25.0 Å². The van der Waals surface area contributed by atoms with E-state index in [4.69, 9.17) is 4.74 Å². The zero-order valence-corrected chi connectivity index (χ0v) is 13.2. The Bertz CT molecular complexity index is 697. The number of imidazole rings is 1. The Balaban J connectivity index is 1.48. The summed E-state index contributed by atoms with van der Waals surface area (Å²) in [6.07, 6.45) is 5.66. The van der Waals surface area contributed by atoms with Crippen molar-refractivity contribution >= 4 is 5.91 Å². The maximum absolute atomic E-state index is 12.4. The highest BCUT2D eigenvalue weighted by molar-refractivity contribution is 5.92. The molecule has 2 fully saturated rings. The second-order valence-corrected chi connectivity index (χ2v) is 6.57. The van der Waals surface area contributed by atoms with Gasteiger partial charge in [0.1, 0.15) is 5.69 Å². The molecule has 1 N–H and O–H groups in total. The topological polar surface area (TPSA) is 56.2 Å². The zero-order valence-electron chi connectivity index (χ0n) is 13.2. The largest absolute Gasteiger partial charge is 0.377 e. The van der Waals surface area contributed by atoms with Gasteiger partial charge in [-0.25, -0.2) is 4.98 Å². The summed E-state index contributed by atoms with van der Waals surface area (Å²) in [4.78, 5) is 16.6. The van der Waals surface area contributed by atoms with Gasteiger partial charge in [-0.15, -0.1) is 0 Å². The Morgan fingerprint density at radius 3 is 2.96 bits per heavy atom. The number of nitrogens with zero attached hydrogens (tertiary/aromatic N) is 2. The van der Waals surface area contributed by atoms with E-state index < -0.39 is 0 Å². The summed E-state index contributed by atoms with van der Waals surface area (Å²) in [6.45, 7) is 0.802. The Labute approximate surface area is 135 Å². The van der Waals surface area contributed by atoms with Crippen LogP contribution in [0.15, 0.2) is 42.9 Å². The summed E-state index contributed by atoms with van der Waals surface area (Å²) in [5, 5.41) is 3.19. The summed E-state index contributed by atoms with van der Waals surface area (Å²) in [6, 6.07) is 10.6. The van der Waals surface area contributed by atoms with Crippen molar-refractivity contribution in [2.24, 2.45) is 18.9 Å². The van der Waals surface area contributed by atoms with Crippen LogP contribution >= 0.6 is 0 Å². The van der Waals surface area contributed by atoms with E-state index in [2.05, 4.69) is 34.6 Å². The van der Waals surface area contributed by atoms with Gasteiger partial charge in [-0.2, -0.15) is 0 Å². The molecular weight excluding hydrogens is 290 g/mol. The molecule has 5 nitrogen and oxygen atoms in total. The average molecular weight is 311 g/mol. The second kappa shape index (κ2) is 5.81. The molecule has 1 saturated carbocycles. The minimum Gasteiger partial charge on any atom is -0.377 e. The van der Waals surface area contributed by atoms with Crippen molar-refractivity contribution in [2.75, 3.05) is 6.61 Å². The van der Waals surface area contributed by atoms with Gasteiger partial charge in [-0.05, 0) is 18.4 Å². The van der Waals surface area contributed by atoms with Crippen molar-refractivity contribution in [3.63, 3.8) is 0 Å². The highest BCUT2D eigenvalue weighted by Crippen LogP contribution is 2.45. The number of ether oxygens (including phenoxy) is 1. The van der Waals surface area contributed by atoms with Gasteiger partial charge in [0.15, 0.2) is 0 Å². The molecule has 1 aliphatic heterocycles. The number of hydrogen-bond acceptors (Lipinski definition) is 3. The van der Waals surface area contributed by atoms with Gasteiger partial charge in [-0.1, -0.05) is 30.3 Å². The van der Waals surface area contributed by atoms with Gasteiger partial charge in [-0.3, -0.25) is 4.79 Å². The maximum atomic E-state index is 12.4. The zero-order chi connectivity index (χ0) is 15.8. The van der Waals surface area contributed by atoms with Crippen molar-refractivity contribution in [3.8, 4) is 0 Å². The lowest BCUT2D eigenvalue weighted by Crippen LogP contribution is -2.62. The second-order valence-electron chi connectivity index (χ2n) is 6.57. The van der Waals surface area contributed by atoms with Crippen molar-refractivity contribution in [1.29, 1.82) is 0 Å². The molecule has 1 aliphatic carbocycles. The number of carbonyl (C=O) groups is 1. The first kappa shape index (κ1) is 14.5. The van der Waals surface area contributed by atoms with Crippen LogP contribution in [0.3, 0.4) is 0 Å². The molecule has 120 valence electrons. The minimum atomic E-state index is -0.0842. The number of nitrogens with one attached hydrogen (secondary N) is 1. The molecule has 2 aromatic rings. The number of aromatic nitrogens is 2. The van der Waals surface area contributed by atoms with E-state index in [0.717, 1.165) is 19.4 Å². The summed E-state index contributed by atoms with van der Waals surface area (Å²) in [5.74, 6) is 0.702. The number of benzene rings is 1. The quantitative estimate of drug-likeness (QED) is 0.937. The summed E-state index contributed by atoms with van der Waals surface area (Å²) in [5.41, 5.74) is 1.77. The smallest absolute Gasteiger partial charge is 0.271 e. The predicted octanol–water partition coefficient (Wildman–Crippen LogP) is 1.80. The number of amides is 1. The molecule has 1 saturated heterocycles. The van der Waals surface area contributed by atoms with Crippen LogP contribution in [0, 0.1) is 11.8 Å². The van der Waals surface area contributed by atoms with Crippen LogP contribution in [0.2, 0.25) is 0 Å². The van der Waals surface area contributed by atoms with Crippen LogP contribution in [0.5, 0.6) is 0 Å². The third-order valence-electron chi connectivity index (χ3n) is 5.08. The predicted molar refractivity (Wildman–Crippen MR) is 85.9 cm³/mol. The molecule has 1 aromatic carbocycles. The van der Waals surface area contributed by atoms with Gasteiger partial charge < -0.3 is 14.6 Å². The summed E-state index contributed by atoms with van der Waals surface area (Å²) < 4.78 is 7.68. The Morgan fingerprint density at radius 1 is 1.39 bits per heavy atom. The van der Waals surface area contributed by atoms with Gasteiger partial charge in [0.2, 0.25) is 0 Å². The molecule has 0 bridgehead atoms. The average Bonchev–Trinajstić information content (AvgIpc) is 3.18. The van der Waals surface area contributed by atoms with Crippen molar-refractivity contribution in [1.82, 2.24) is 14.9 Å². The molecule has 1 aromatic heterocycles. The number of hydrogen-bond donors (Lipinski definition) is 1. The number of fused-ring (bicyclic) bond motifs is 1. The van der Waals surface area contributed by atoms with E-state index in [1.165, 1.54) is 5.56 Å². The lowest BCUT2D eigenvalue weighted by atomic mass is 9.64. The fourth-order valence-corrected chi connectivity index (χ4v) is 3.93. The highest BCUT2D eigenvalue weighted by atomic mass is 16.5. The Kier molecular flexibility index (Phi) is 3.65. The monoisotopic (exact) mass is 311 g/mol. The van der Waals surface area contributed by atoms with E-state index in [9.17, 15) is 4.79 Å². The lowest BCUT2D eigenvalue weighted by molar-refractivity contribution is -0.0528. The Hall–Kier alpha value is -2.14. The number of rotatable bonds is 4. The Morgan fingerprint density at radius 2 is 2.22 bits per heavy atom. The first-order valence-corrected chi connectivity index (χ1v) is 8.17. The van der Waals surface area contributed by atoms with Crippen LogP contribution in [0.25, 0.3) is 0 Å². The van der Waals surface area contributed by atoms with Gasteiger partial charge in [0.25, 0.3) is 5.91 Å². The fourth-order valence-electron chi connectivity index (χ4n) is 3.93. The van der Waals surface area contributed by atoms with Crippen LogP contribution in [-0.2, 0) is 18.2 Å². The summed E-state index contributed by atoms with van der Waals surface area (Å²) in [7, 11) is 1.87. The van der Waals surface area contributed by atoms with Crippen LogP contribution in [0.4, 0.5) is 0 Å². The molecular formula is C18H21N3O2. The van der Waals surface area contributed by atoms with Gasteiger partial charge in [0, 0.05) is 37.7 Å². The third-order valence-corrected chi connectivity index (χ3v) is 5.08. The standard InChI is InChI=1S/C18H21N3O2/c1-21-10-15(19-11-21)18(22)20-16-13-7-8-23-17(13)14(16)9-12-5-3-2-4-6-12/h2-6,10-11,13-14,16-17H,7-9H2,1H3,(H,20,22)/t13-,14+,16-,17-/m0/s1. The van der Waals surface area contributed by atoms with Gasteiger partial charge >= 0.3 is 0 Å². The molecule has 23 heavy (non-hydrogen) atoms. The van der Waals surface area contributed by atoms with E-state index in [-0.39, 0.29) is 18.1 Å². The fraction of sp³-hybridized carbons (Fsp3) is 0.444. The SMILES string of the molecule is Cn1cnc(C(=O)N[C@@H]2[C@@H](Cc3ccccc3)[C@H]3OCC[C@@H]23)c1. The van der Waals surface area contributed by atoms with Crippen molar-refractivity contribution < 1.29 is 9.53 Å². The minimum absolute atomic E-state index is 0.0842. The molecule has 4 rings (SSSR count). The first-order valence-electron chi connectivity index (χ1n) is 8.17. The maximum Gasteiger partial charge on any atom is 0.271 e. The number of aryl methyl sites for hydroxylation is 1. The number of carbonyl (C=O) groups excluding carboxylic acids is 1. The van der Waals surface area contributed by atoms with E-state index in [0.29, 0.717) is 17.5 Å². The van der Waals surface area contributed by atoms with Crippen LogP contribution in [0.1, 0.15) is 22.5 Å². The van der Waals surface area contributed by atoms with Crippen molar-refractivity contribution in [3.05, 3.63) is 54.1 Å².